The van der Waals surface area contributed by atoms with Gasteiger partial charge in [0.25, 0.3) is 11.8 Å². The fourth-order valence-corrected chi connectivity index (χ4v) is 3.33. The standard InChI is InChI=1S/C13H10BrN3O3S/c14-6-1-2-21-12(6)13(19)17-8-4-9-10(3-7(8)15)20-5-11(18)16-9/h1-4H,5,15H2,(H,16,18)(H,17,19). The van der Waals surface area contributed by atoms with Crippen LogP contribution in [-0.4, -0.2) is 18.4 Å². The van der Waals surface area contributed by atoms with E-state index in [1.807, 2.05) is 5.38 Å². The molecule has 3 rings (SSSR count). The molecule has 2 aromatic rings. The van der Waals surface area contributed by atoms with Crippen molar-refractivity contribution in [2.75, 3.05) is 23.0 Å². The van der Waals surface area contributed by atoms with E-state index in [0.29, 0.717) is 27.7 Å². The number of anilines is 3. The minimum atomic E-state index is -0.272. The average Bonchev–Trinajstić information content (AvgIpc) is 2.86. The Kier molecular flexibility index (Phi) is 3.56. The monoisotopic (exact) mass is 367 g/mol. The molecule has 1 aliphatic heterocycles. The SMILES string of the molecule is Nc1cc2c(cc1NC(=O)c1sccc1Br)NC(=O)CO2. The quantitative estimate of drug-likeness (QED) is 0.711. The zero-order chi connectivity index (χ0) is 15.0. The molecule has 8 heteroatoms. The van der Waals surface area contributed by atoms with Gasteiger partial charge in [0.2, 0.25) is 0 Å². The van der Waals surface area contributed by atoms with Crippen molar-refractivity contribution < 1.29 is 14.3 Å². The van der Waals surface area contributed by atoms with Crippen LogP contribution in [0.25, 0.3) is 0 Å². The lowest BCUT2D eigenvalue weighted by molar-refractivity contribution is -0.118. The van der Waals surface area contributed by atoms with Crippen molar-refractivity contribution in [1.82, 2.24) is 0 Å². The van der Waals surface area contributed by atoms with Gasteiger partial charge in [-0.15, -0.1) is 11.3 Å². The molecule has 1 aliphatic rings. The summed E-state index contributed by atoms with van der Waals surface area (Å²) >= 11 is 4.63. The number of hydrogen-bond donors (Lipinski definition) is 3. The Morgan fingerprint density at radius 1 is 1.48 bits per heavy atom. The number of nitrogens with one attached hydrogen (secondary N) is 2. The van der Waals surface area contributed by atoms with Crippen molar-refractivity contribution in [3.05, 3.63) is 32.9 Å². The summed E-state index contributed by atoms with van der Waals surface area (Å²) in [5, 5.41) is 7.21. The fraction of sp³-hybridized carbons (Fsp3) is 0.0769. The zero-order valence-corrected chi connectivity index (χ0v) is 13.0. The number of halogens is 1. The van der Waals surface area contributed by atoms with Crippen LogP contribution >= 0.6 is 27.3 Å². The lowest BCUT2D eigenvalue weighted by Crippen LogP contribution is -2.25. The third-order valence-corrected chi connectivity index (χ3v) is 4.69. The maximum atomic E-state index is 12.2. The predicted molar refractivity (Wildman–Crippen MR) is 85.0 cm³/mol. The van der Waals surface area contributed by atoms with Gasteiger partial charge in [-0.1, -0.05) is 0 Å². The smallest absolute Gasteiger partial charge is 0.266 e. The molecular weight excluding hydrogens is 358 g/mol. The third-order valence-electron chi connectivity index (χ3n) is 2.86. The minimum absolute atomic E-state index is 0.0414. The topological polar surface area (TPSA) is 93.5 Å². The molecule has 0 fully saturated rings. The first-order valence-electron chi connectivity index (χ1n) is 5.95. The number of hydrogen-bond acceptors (Lipinski definition) is 5. The largest absolute Gasteiger partial charge is 0.482 e. The second kappa shape index (κ2) is 5.38. The first kappa shape index (κ1) is 13.9. The molecule has 0 spiro atoms. The summed E-state index contributed by atoms with van der Waals surface area (Å²) in [6.45, 7) is -0.0414. The van der Waals surface area contributed by atoms with Crippen molar-refractivity contribution in [2.45, 2.75) is 0 Å². The molecule has 6 nitrogen and oxygen atoms in total. The van der Waals surface area contributed by atoms with Crippen LogP contribution in [0.3, 0.4) is 0 Å². The fourth-order valence-electron chi connectivity index (χ4n) is 1.89. The highest BCUT2D eigenvalue weighted by molar-refractivity contribution is 9.10. The van der Waals surface area contributed by atoms with E-state index in [9.17, 15) is 9.59 Å². The summed E-state index contributed by atoms with van der Waals surface area (Å²) in [6, 6.07) is 4.96. The summed E-state index contributed by atoms with van der Waals surface area (Å²) in [5.74, 6) is -0.0282. The van der Waals surface area contributed by atoms with Crippen LogP contribution in [0.2, 0.25) is 0 Å². The molecule has 2 heterocycles. The molecule has 0 atom stereocenters. The second-order valence-corrected chi connectivity index (χ2v) is 6.09. The maximum absolute atomic E-state index is 12.2. The maximum Gasteiger partial charge on any atom is 0.266 e. The van der Waals surface area contributed by atoms with Crippen LogP contribution in [-0.2, 0) is 4.79 Å². The Balaban J connectivity index is 1.89. The van der Waals surface area contributed by atoms with Gasteiger partial charge in [0, 0.05) is 10.5 Å². The summed E-state index contributed by atoms with van der Waals surface area (Å²) in [6.07, 6.45) is 0. The van der Waals surface area contributed by atoms with Crippen LogP contribution < -0.4 is 21.1 Å². The molecule has 0 saturated carbocycles. The van der Waals surface area contributed by atoms with Gasteiger partial charge >= 0.3 is 0 Å². The molecule has 4 N–H and O–H groups in total. The number of ether oxygens (including phenoxy) is 1. The van der Waals surface area contributed by atoms with Gasteiger partial charge < -0.3 is 21.1 Å². The first-order chi connectivity index (χ1) is 10.0. The average molecular weight is 368 g/mol. The molecular formula is C13H10BrN3O3S. The molecule has 0 aliphatic carbocycles. The molecule has 108 valence electrons. The highest BCUT2D eigenvalue weighted by Crippen LogP contribution is 2.35. The summed E-state index contributed by atoms with van der Waals surface area (Å²) < 4.78 is 5.98. The van der Waals surface area contributed by atoms with E-state index < -0.39 is 0 Å². The van der Waals surface area contributed by atoms with Gasteiger partial charge in [0.05, 0.1) is 17.1 Å². The lowest BCUT2D eigenvalue weighted by atomic mass is 10.2. The van der Waals surface area contributed by atoms with Crippen molar-refractivity contribution in [2.24, 2.45) is 0 Å². The van der Waals surface area contributed by atoms with Gasteiger partial charge in [-0.3, -0.25) is 9.59 Å². The Bertz CT molecular complexity index is 744. The number of fused-ring (bicyclic) bond motifs is 1. The van der Waals surface area contributed by atoms with Crippen LogP contribution in [0.4, 0.5) is 17.1 Å². The number of nitrogens with two attached hydrogens (primary N) is 1. The molecule has 0 saturated heterocycles. The molecule has 0 unspecified atom stereocenters. The summed E-state index contributed by atoms with van der Waals surface area (Å²) in [4.78, 5) is 24.0. The van der Waals surface area contributed by atoms with Gasteiger partial charge in [0.15, 0.2) is 6.61 Å². The Morgan fingerprint density at radius 2 is 2.29 bits per heavy atom. The molecule has 0 radical (unpaired) electrons. The number of benzene rings is 1. The van der Waals surface area contributed by atoms with Gasteiger partial charge in [-0.2, -0.15) is 0 Å². The van der Waals surface area contributed by atoms with E-state index in [4.69, 9.17) is 10.5 Å². The van der Waals surface area contributed by atoms with Crippen molar-refractivity contribution in [1.29, 1.82) is 0 Å². The molecule has 0 bridgehead atoms. The van der Waals surface area contributed by atoms with Crippen LogP contribution in [0, 0.1) is 0 Å². The van der Waals surface area contributed by atoms with E-state index in [0.717, 1.165) is 4.47 Å². The lowest BCUT2D eigenvalue weighted by Gasteiger charge is -2.20. The zero-order valence-electron chi connectivity index (χ0n) is 10.6. The van der Waals surface area contributed by atoms with Crippen molar-refractivity contribution in [3.8, 4) is 5.75 Å². The van der Waals surface area contributed by atoms with Gasteiger partial charge in [0.1, 0.15) is 10.6 Å². The van der Waals surface area contributed by atoms with E-state index >= 15 is 0 Å². The predicted octanol–water partition coefficient (Wildman–Crippen LogP) is 2.68. The van der Waals surface area contributed by atoms with Crippen molar-refractivity contribution in [3.63, 3.8) is 0 Å². The van der Waals surface area contributed by atoms with Crippen molar-refractivity contribution >= 4 is 56.1 Å². The van der Waals surface area contributed by atoms with E-state index in [1.54, 1.807) is 18.2 Å². The number of carbonyl (C=O) groups is 2. The number of nitrogen functional groups attached to an aromatic ring is 1. The van der Waals surface area contributed by atoms with E-state index in [2.05, 4.69) is 26.6 Å². The van der Waals surface area contributed by atoms with Gasteiger partial charge in [-0.25, -0.2) is 0 Å². The Hall–Kier alpha value is -2.06. The van der Waals surface area contributed by atoms with E-state index in [1.165, 1.54) is 11.3 Å². The molecule has 1 aromatic carbocycles. The molecule has 1 aromatic heterocycles. The van der Waals surface area contributed by atoms with Crippen LogP contribution in [0.5, 0.6) is 5.75 Å². The normalized spacial score (nSPS) is 13.1. The Morgan fingerprint density at radius 3 is 3.00 bits per heavy atom. The third kappa shape index (κ3) is 2.72. The molecule has 2 amide bonds. The minimum Gasteiger partial charge on any atom is -0.482 e. The second-order valence-electron chi connectivity index (χ2n) is 4.32. The molecule has 21 heavy (non-hydrogen) atoms. The number of thiophene rings is 1. The number of rotatable bonds is 2. The van der Waals surface area contributed by atoms with Crippen LogP contribution in [0.15, 0.2) is 28.1 Å². The first-order valence-corrected chi connectivity index (χ1v) is 7.62. The highest BCUT2D eigenvalue weighted by Gasteiger charge is 2.19. The highest BCUT2D eigenvalue weighted by atomic mass is 79.9. The summed E-state index contributed by atoms with van der Waals surface area (Å²) in [5.41, 5.74) is 7.18. The number of amides is 2. The Labute approximate surface area is 132 Å². The number of carbonyl (C=O) groups excluding carboxylic acids is 2. The summed E-state index contributed by atoms with van der Waals surface area (Å²) in [7, 11) is 0. The van der Waals surface area contributed by atoms with Gasteiger partial charge in [-0.05, 0) is 33.4 Å². The van der Waals surface area contributed by atoms with Crippen LogP contribution in [0.1, 0.15) is 9.67 Å². The van der Waals surface area contributed by atoms with E-state index in [-0.39, 0.29) is 18.4 Å².